The Bertz CT molecular complexity index is 665. The molecule has 0 aromatic heterocycles. The smallest absolute Gasteiger partial charge is 0.376 e. The minimum absolute atomic E-state index is 0.0943. The van der Waals surface area contributed by atoms with Crippen molar-refractivity contribution in [2.24, 2.45) is 5.92 Å². The van der Waals surface area contributed by atoms with Crippen molar-refractivity contribution in [2.45, 2.75) is 84.9 Å². The zero-order valence-electron chi connectivity index (χ0n) is 18.6. The molecule has 0 radical (unpaired) electrons. The van der Waals surface area contributed by atoms with Gasteiger partial charge in [0.1, 0.15) is 5.60 Å². The van der Waals surface area contributed by atoms with E-state index < -0.39 is 29.4 Å². The van der Waals surface area contributed by atoms with Gasteiger partial charge in [-0.15, -0.1) is 0 Å². The standard InChI is InChI=1S/C23H36N2O4/c1-7-11-20(26)18(14-16(2)3)24-25-19(15-17-12-9-8-10-13-17)21(27)22(28)29-23(4,5)6/h8-10,12-13,16,18-19,24-25H,7,11,14-15H2,1-6H3/t18-,19-/m0/s1. The number of benzene rings is 1. The number of hydrogen-bond donors (Lipinski definition) is 2. The third kappa shape index (κ3) is 9.81. The number of carbonyl (C=O) groups is 3. The van der Waals surface area contributed by atoms with E-state index in [2.05, 4.69) is 10.9 Å². The Balaban J connectivity index is 2.95. The average Bonchev–Trinajstić information content (AvgIpc) is 2.62. The molecule has 0 saturated heterocycles. The summed E-state index contributed by atoms with van der Waals surface area (Å²) in [5.74, 6) is -1.14. The van der Waals surface area contributed by atoms with Gasteiger partial charge >= 0.3 is 5.97 Å². The lowest BCUT2D eigenvalue weighted by Crippen LogP contribution is -2.55. The average molecular weight is 405 g/mol. The fourth-order valence-electron chi connectivity index (χ4n) is 2.89. The molecule has 0 saturated carbocycles. The monoisotopic (exact) mass is 404 g/mol. The van der Waals surface area contributed by atoms with E-state index in [0.717, 1.165) is 12.0 Å². The molecule has 162 valence electrons. The number of carbonyl (C=O) groups excluding carboxylic acids is 3. The Morgan fingerprint density at radius 3 is 2.10 bits per heavy atom. The first kappa shape index (κ1) is 25.0. The molecule has 0 aliphatic carbocycles. The van der Waals surface area contributed by atoms with Crippen LogP contribution in [-0.4, -0.2) is 35.2 Å². The molecular formula is C23H36N2O4. The maximum Gasteiger partial charge on any atom is 0.376 e. The number of hydrogen-bond acceptors (Lipinski definition) is 6. The minimum atomic E-state index is -0.881. The Morgan fingerprint density at radius 1 is 1.00 bits per heavy atom. The van der Waals surface area contributed by atoms with Crippen molar-refractivity contribution in [3.05, 3.63) is 35.9 Å². The highest BCUT2D eigenvalue weighted by molar-refractivity contribution is 6.35. The number of Topliss-reactive ketones (excluding diaryl/α,β-unsaturated/α-hetero) is 2. The number of nitrogens with one attached hydrogen (secondary N) is 2. The molecule has 1 aromatic rings. The third-order valence-electron chi connectivity index (χ3n) is 4.22. The van der Waals surface area contributed by atoms with E-state index >= 15 is 0 Å². The van der Waals surface area contributed by atoms with Crippen LogP contribution in [0.5, 0.6) is 0 Å². The van der Waals surface area contributed by atoms with Crippen molar-refractivity contribution < 1.29 is 19.1 Å². The molecule has 0 spiro atoms. The van der Waals surface area contributed by atoms with E-state index in [1.807, 2.05) is 51.1 Å². The van der Waals surface area contributed by atoms with Crippen molar-refractivity contribution in [3.63, 3.8) is 0 Å². The number of ether oxygens (including phenoxy) is 1. The summed E-state index contributed by atoms with van der Waals surface area (Å²) in [5, 5.41) is 0. The van der Waals surface area contributed by atoms with Crippen LogP contribution in [0.2, 0.25) is 0 Å². The topological polar surface area (TPSA) is 84.5 Å². The van der Waals surface area contributed by atoms with Crippen molar-refractivity contribution in [1.82, 2.24) is 10.9 Å². The van der Waals surface area contributed by atoms with Crippen molar-refractivity contribution in [3.8, 4) is 0 Å². The van der Waals surface area contributed by atoms with Gasteiger partial charge in [0.2, 0.25) is 0 Å². The summed E-state index contributed by atoms with van der Waals surface area (Å²) in [6, 6.07) is 8.18. The number of ketones is 2. The van der Waals surface area contributed by atoms with Gasteiger partial charge in [-0.2, -0.15) is 0 Å². The summed E-state index contributed by atoms with van der Waals surface area (Å²) in [6.07, 6.45) is 2.18. The van der Waals surface area contributed by atoms with Gasteiger partial charge in [0.25, 0.3) is 5.78 Å². The van der Waals surface area contributed by atoms with E-state index in [4.69, 9.17) is 4.74 Å². The van der Waals surface area contributed by atoms with E-state index in [9.17, 15) is 14.4 Å². The lowest BCUT2D eigenvalue weighted by molar-refractivity contribution is -0.163. The summed E-state index contributed by atoms with van der Waals surface area (Å²) in [7, 11) is 0. The van der Waals surface area contributed by atoms with Gasteiger partial charge in [-0.1, -0.05) is 51.1 Å². The first-order chi connectivity index (χ1) is 13.5. The maximum absolute atomic E-state index is 12.8. The summed E-state index contributed by atoms with van der Waals surface area (Å²) < 4.78 is 5.25. The van der Waals surface area contributed by atoms with E-state index in [1.165, 1.54) is 0 Å². The highest BCUT2D eigenvalue weighted by atomic mass is 16.6. The van der Waals surface area contributed by atoms with Crippen LogP contribution in [0, 0.1) is 5.92 Å². The van der Waals surface area contributed by atoms with Crippen molar-refractivity contribution in [1.29, 1.82) is 0 Å². The molecular weight excluding hydrogens is 368 g/mol. The number of hydrazine groups is 1. The third-order valence-corrected chi connectivity index (χ3v) is 4.22. The largest absolute Gasteiger partial charge is 0.454 e. The molecule has 6 heteroatoms. The molecule has 0 unspecified atom stereocenters. The Hall–Kier alpha value is -2.05. The Morgan fingerprint density at radius 2 is 1.59 bits per heavy atom. The van der Waals surface area contributed by atoms with Gasteiger partial charge < -0.3 is 4.74 Å². The van der Waals surface area contributed by atoms with Crippen molar-refractivity contribution in [2.75, 3.05) is 0 Å². The van der Waals surface area contributed by atoms with Crippen LogP contribution in [0.1, 0.15) is 66.4 Å². The van der Waals surface area contributed by atoms with Crippen LogP contribution in [0.4, 0.5) is 0 Å². The molecule has 1 aromatic carbocycles. The second-order valence-electron chi connectivity index (χ2n) is 8.80. The molecule has 29 heavy (non-hydrogen) atoms. The van der Waals surface area contributed by atoms with Crippen LogP contribution in [0.3, 0.4) is 0 Å². The molecule has 0 aliphatic heterocycles. The molecule has 0 amide bonds. The summed E-state index contributed by atoms with van der Waals surface area (Å²) in [5.41, 5.74) is 6.14. The van der Waals surface area contributed by atoms with E-state index in [-0.39, 0.29) is 5.78 Å². The fraction of sp³-hybridized carbons (Fsp3) is 0.609. The SMILES string of the molecule is CCCC(=O)[C@H](CC(C)C)NN[C@@H](Cc1ccccc1)C(=O)C(=O)OC(C)(C)C. The minimum Gasteiger partial charge on any atom is -0.454 e. The number of rotatable bonds is 12. The van der Waals surface area contributed by atoms with E-state index in [1.54, 1.807) is 20.8 Å². The van der Waals surface area contributed by atoms with Crippen LogP contribution < -0.4 is 10.9 Å². The van der Waals surface area contributed by atoms with Gasteiger partial charge in [0.05, 0.1) is 12.1 Å². The quantitative estimate of drug-likeness (QED) is 0.316. The normalized spacial score (nSPS) is 13.8. The van der Waals surface area contributed by atoms with Gasteiger partial charge in [-0.3, -0.25) is 9.59 Å². The maximum atomic E-state index is 12.8. The number of esters is 1. The summed E-state index contributed by atoms with van der Waals surface area (Å²) >= 11 is 0. The predicted octanol–water partition coefficient (Wildman–Crippen LogP) is 3.39. The van der Waals surface area contributed by atoms with Crippen LogP contribution in [0.25, 0.3) is 0 Å². The summed E-state index contributed by atoms with van der Waals surface area (Å²) in [4.78, 5) is 37.6. The molecule has 2 atom stereocenters. The molecule has 2 N–H and O–H groups in total. The predicted molar refractivity (Wildman–Crippen MR) is 114 cm³/mol. The molecule has 0 aliphatic rings. The van der Waals surface area contributed by atoms with Gasteiger partial charge in [0, 0.05) is 6.42 Å². The van der Waals surface area contributed by atoms with E-state index in [0.29, 0.717) is 25.2 Å². The fourth-order valence-corrected chi connectivity index (χ4v) is 2.89. The second-order valence-corrected chi connectivity index (χ2v) is 8.80. The molecule has 6 nitrogen and oxygen atoms in total. The Kier molecular flexibility index (Phi) is 10.2. The second kappa shape index (κ2) is 11.8. The van der Waals surface area contributed by atoms with Crippen LogP contribution in [-0.2, 0) is 25.5 Å². The molecule has 0 bridgehead atoms. The lowest BCUT2D eigenvalue weighted by atomic mass is 9.98. The highest BCUT2D eigenvalue weighted by Gasteiger charge is 2.31. The zero-order valence-corrected chi connectivity index (χ0v) is 18.6. The molecule has 1 rings (SSSR count). The zero-order chi connectivity index (χ0) is 22.0. The van der Waals surface area contributed by atoms with Gasteiger partial charge in [-0.05, 0) is 51.5 Å². The van der Waals surface area contributed by atoms with Crippen LogP contribution in [0.15, 0.2) is 30.3 Å². The highest BCUT2D eigenvalue weighted by Crippen LogP contribution is 2.11. The lowest BCUT2D eigenvalue weighted by Gasteiger charge is -2.25. The molecule has 0 heterocycles. The summed E-state index contributed by atoms with van der Waals surface area (Å²) in [6.45, 7) is 11.2. The Labute approximate surface area is 174 Å². The van der Waals surface area contributed by atoms with Gasteiger partial charge in [-0.25, -0.2) is 15.6 Å². The van der Waals surface area contributed by atoms with Gasteiger partial charge in [0.15, 0.2) is 5.78 Å². The first-order valence-corrected chi connectivity index (χ1v) is 10.4. The first-order valence-electron chi connectivity index (χ1n) is 10.4. The van der Waals surface area contributed by atoms with Crippen LogP contribution >= 0.6 is 0 Å². The van der Waals surface area contributed by atoms with Crippen molar-refractivity contribution >= 4 is 17.5 Å². The molecule has 0 fully saturated rings.